The summed E-state index contributed by atoms with van der Waals surface area (Å²) in [5, 5.41) is 6.00. The molecule has 0 radical (unpaired) electrons. The van der Waals surface area contributed by atoms with Gasteiger partial charge in [0.05, 0.1) is 0 Å². The van der Waals surface area contributed by atoms with Crippen LogP contribution in [0.4, 0.5) is 10.5 Å². The lowest BCUT2D eigenvalue weighted by atomic mass is 9.85. The third-order valence-corrected chi connectivity index (χ3v) is 4.22. The maximum atomic E-state index is 12.3. The Morgan fingerprint density at radius 1 is 1.04 bits per heavy atom. The second-order valence-electron chi connectivity index (χ2n) is 6.52. The summed E-state index contributed by atoms with van der Waals surface area (Å²) < 4.78 is 0. The second-order valence-corrected chi connectivity index (χ2v) is 6.52. The minimum Gasteiger partial charge on any atom is -0.337 e. The molecule has 0 spiro atoms. The van der Waals surface area contributed by atoms with Gasteiger partial charge in [-0.15, -0.1) is 0 Å². The Labute approximate surface area is 139 Å². The number of hydrogen-bond acceptors (Lipinski definition) is 1. The number of benzene rings is 2. The van der Waals surface area contributed by atoms with Crippen LogP contribution in [-0.4, -0.2) is 12.6 Å². The van der Waals surface area contributed by atoms with Crippen LogP contribution in [0, 0.1) is 6.92 Å². The Kier molecular flexibility index (Phi) is 5.43. The third-order valence-electron chi connectivity index (χ3n) is 4.22. The molecule has 2 aromatic rings. The number of para-hydroxylation sites is 1. The van der Waals surface area contributed by atoms with Crippen molar-refractivity contribution in [3.05, 3.63) is 65.2 Å². The summed E-state index contributed by atoms with van der Waals surface area (Å²) in [5.74, 6) is 0. The zero-order chi connectivity index (χ0) is 16.9. The highest BCUT2D eigenvalue weighted by molar-refractivity contribution is 5.91. The zero-order valence-corrected chi connectivity index (χ0v) is 14.4. The van der Waals surface area contributed by atoms with Crippen LogP contribution in [0.5, 0.6) is 0 Å². The standard InChI is InChI=1S/C20H26N2O/c1-5-16-11-9-10-15(2)18(16)22-19(23)21-14-20(3,4)17-12-7-6-8-13-17/h6-13H,5,14H2,1-4H3,(H2,21,22,23). The molecule has 0 aliphatic rings. The van der Waals surface area contributed by atoms with Crippen LogP contribution in [-0.2, 0) is 11.8 Å². The van der Waals surface area contributed by atoms with Crippen molar-refractivity contribution in [2.24, 2.45) is 0 Å². The van der Waals surface area contributed by atoms with E-state index in [0.29, 0.717) is 6.54 Å². The summed E-state index contributed by atoms with van der Waals surface area (Å²) in [5.41, 5.74) is 4.26. The van der Waals surface area contributed by atoms with Crippen LogP contribution in [0.3, 0.4) is 0 Å². The average Bonchev–Trinajstić information content (AvgIpc) is 2.56. The van der Waals surface area contributed by atoms with Gasteiger partial charge in [-0.3, -0.25) is 0 Å². The number of anilines is 1. The van der Waals surface area contributed by atoms with Crippen molar-refractivity contribution in [1.82, 2.24) is 5.32 Å². The molecule has 0 atom stereocenters. The van der Waals surface area contributed by atoms with Crippen molar-refractivity contribution in [3.8, 4) is 0 Å². The van der Waals surface area contributed by atoms with Crippen molar-refractivity contribution in [2.75, 3.05) is 11.9 Å². The van der Waals surface area contributed by atoms with Crippen molar-refractivity contribution in [2.45, 2.75) is 39.5 Å². The molecule has 2 aromatic carbocycles. The Balaban J connectivity index is 2.01. The quantitative estimate of drug-likeness (QED) is 0.828. The smallest absolute Gasteiger partial charge is 0.319 e. The monoisotopic (exact) mass is 310 g/mol. The van der Waals surface area contributed by atoms with E-state index < -0.39 is 0 Å². The predicted molar refractivity (Wildman–Crippen MR) is 97.0 cm³/mol. The molecule has 0 aromatic heterocycles. The molecule has 2 rings (SSSR count). The molecule has 3 heteroatoms. The van der Waals surface area contributed by atoms with Crippen LogP contribution in [0.1, 0.15) is 37.5 Å². The lowest BCUT2D eigenvalue weighted by Gasteiger charge is -2.26. The minimum atomic E-state index is -0.155. The molecule has 0 saturated carbocycles. The van der Waals surface area contributed by atoms with Crippen LogP contribution in [0.2, 0.25) is 0 Å². The predicted octanol–water partition coefficient (Wildman–Crippen LogP) is 4.66. The molecule has 0 fully saturated rings. The second kappa shape index (κ2) is 7.32. The molecule has 0 aliphatic carbocycles. The average molecular weight is 310 g/mol. The molecule has 0 unspecified atom stereocenters. The van der Waals surface area contributed by atoms with E-state index in [1.54, 1.807) is 0 Å². The lowest BCUT2D eigenvalue weighted by molar-refractivity contribution is 0.249. The van der Waals surface area contributed by atoms with Crippen LogP contribution in [0.25, 0.3) is 0 Å². The number of nitrogens with one attached hydrogen (secondary N) is 2. The molecule has 122 valence electrons. The van der Waals surface area contributed by atoms with E-state index in [2.05, 4.69) is 49.6 Å². The van der Waals surface area contributed by atoms with Crippen molar-refractivity contribution in [3.63, 3.8) is 0 Å². The van der Waals surface area contributed by atoms with Gasteiger partial charge >= 0.3 is 6.03 Å². The topological polar surface area (TPSA) is 41.1 Å². The van der Waals surface area contributed by atoms with Crippen molar-refractivity contribution < 1.29 is 4.79 Å². The van der Waals surface area contributed by atoms with Gasteiger partial charge in [0.15, 0.2) is 0 Å². The maximum absolute atomic E-state index is 12.3. The van der Waals surface area contributed by atoms with Crippen molar-refractivity contribution >= 4 is 11.7 Å². The highest BCUT2D eigenvalue weighted by Gasteiger charge is 2.21. The zero-order valence-electron chi connectivity index (χ0n) is 14.4. The Bertz CT molecular complexity index is 663. The fourth-order valence-corrected chi connectivity index (χ4v) is 2.65. The van der Waals surface area contributed by atoms with Gasteiger partial charge in [-0.05, 0) is 30.0 Å². The van der Waals surface area contributed by atoms with Crippen molar-refractivity contribution in [1.29, 1.82) is 0 Å². The molecule has 0 aliphatic heterocycles. The first-order valence-electron chi connectivity index (χ1n) is 8.13. The van der Waals surface area contributed by atoms with Gasteiger partial charge in [0.25, 0.3) is 0 Å². The normalized spacial score (nSPS) is 11.1. The number of carbonyl (C=O) groups excluding carboxylic acids is 1. The molecule has 2 amide bonds. The summed E-state index contributed by atoms with van der Waals surface area (Å²) in [7, 11) is 0. The van der Waals surface area contributed by atoms with Crippen LogP contribution in [0.15, 0.2) is 48.5 Å². The Morgan fingerprint density at radius 3 is 2.39 bits per heavy atom. The summed E-state index contributed by atoms with van der Waals surface area (Å²) in [6.07, 6.45) is 0.896. The van der Waals surface area contributed by atoms with E-state index in [1.807, 2.05) is 37.3 Å². The molecular weight excluding hydrogens is 284 g/mol. The SMILES string of the molecule is CCc1cccc(C)c1NC(=O)NCC(C)(C)c1ccccc1. The first kappa shape index (κ1) is 17.1. The Hall–Kier alpha value is -2.29. The highest BCUT2D eigenvalue weighted by atomic mass is 16.2. The summed E-state index contributed by atoms with van der Waals surface area (Å²) in [6.45, 7) is 8.96. The Morgan fingerprint density at radius 2 is 1.74 bits per heavy atom. The van der Waals surface area contributed by atoms with Crippen LogP contribution < -0.4 is 10.6 Å². The van der Waals surface area contributed by atoms with Gasteiger partial charge in [0.1, 0.15) is 0 Å². The number of amides is 2. The number of urea groups is 1. The van der Waals surface area contributed by atoms with E-state index in [1.165, 1.54) is 5.56 Å². The molecule has 0 saturated heterocycles. The van der Waals surface area contributed by atoms with Gasteiger partial charge < -0.3 is 10.6 Å². The van der Waals surface area contributed by atoms with E-state index in [9.17, 15) is 4.79 Å². The lowest BCUT2D eigenvalue weighted by Crippen LogP contribution is -2.39. The fraction of sp³-hybridized carbons (Fsp3) is 0.350. The van der Waals surface area contributed by atoms with Gasteiger partial charge in [-0.1, -0.05) is 69.3 Å². The first-order chi connectivity index (χ1) is 10.9. The number of rotatable bonds is 5. The first-order valence-corrected chi connectivity index (χ1v) is 8.13. The fourth-order valence-electron chi connectivity index (χ4n) is 2.65. The largest absolute Gasteiger partial charge is 0.337 e. The van der Waals surface area contributed by atoms with Gasteiger partial charge in [0.2, 0.25) is 0 Å². The summed E-state index contributed by atoms with van der Waals surface area (Å²) in [4.78, 5) is 12.3. The van der Waals surface area contributed by atoms with Gasteiger partial charge in [-0.25, -0.2) is 4.79 Å². The molecule has 0 bridgehead atoms. The van der Waals surface area contributed by atoms with Crippen LogP contribution >= 0.6 is 0 Å². The van der Waals surface area contributed by atoms with Gasteiger partial charge in [-0.2, -0.15) is 0 Å². The molecule has 0 heterocycles. The molecule has 3 nitrogen and oxygen atoms in total. The molecule has 23 heavy (non-hydrogen) atoms. The molecular formula is C20H26N2O. The number of aryl methyl sites for hydroxylation is 2. The summed E-state index contributed by atoms with van der Waals surface area (Å²) in [6, 6.07) is 16.2. The minimum absolute atomic E-state index is 0.113. The van der Waals surface area contributed by atoms with E-state index in [0.717, 1.165) is 23.2 Å². The van der Waals surface area contributed by atoms with E-state index in [-0.39, 0.29) is 11.4 Å². The van der Waals surface area contributed by atoms with E-state index >= 15 is 0 Å². The number of hydrogen-bond donors (Lipinski definition) is 2. The summed E-state index contributed by atoms with van der Waals surface area (Å²) >= 11 is 0. The van der Waals surface area contributed by atoms with E-state index in [4.69, 9.17) is 0 Å². The highest BCUT2D eigenvalue weighted by Crippen LogP contribution is 2.23. The maximum Gasteiger partial charge on any atom is 0.319 e. The number of carbonyl (C=O) groups is 1. The third kappa shape index (κ3) is 4.35. The van der Waals surface area contributed by atoms with Gasteiger partial charge in [0, 0.05) is 17.6 Å². The molecule has 2 N–H and O–H groups in total.